The summed E-state index contributed by atoms with van der Waals surface area (Å²) >= 11 is 0. The van der Waals surface area contributed by atoms with Crippen LogP contribution in [-0.2, 0) is 0 Å². The van der Waals surface area contributed by atoms with E-state index in [4.69, 9.17) is 4.74 Å². The normalized spacial score (nSPS) is 17.2. The molecule has 1 N–H and O–H groups in total. The minimum Gasteiger partial charge on any atom is -0.493 e. The summed E-state index contributed by atoms with van der Waals surface area (Å²) < 4.78 is 5.90. The fourth-order valence-electron chi connectivity index (χ4n) is 2.94. The first-order chi connectivity index (χ1) is 9.25. The molecule has 19 heavy (non-hydrogen) atoms. The first-order valence-corrected chi connectivity index (χ1v) is 7.79. The maximum absolute atomic E-state index is 5.90. The van der Waals surface area contributed by atoms with Gasteiger partial charge in [-0.25, -0.2) is 0 Å². The Kier molecular flexibility index (Phi) is 5.71. The third-order valence-corrected chi connectivity index (χ3v) is 4.07. The zero-order valence-electron chi connectivity index (χ0n) is 12.5. The van der Waals surface area contributed by atoms with Gasteiger partial charge in [0, 0.05) is 6.42 Å². The van der Waals surface area contributed by atoms with E-state index in [9.17, 15) is 0 Å². The van der Waals surface area contributed by atoms with Gasteiger partial charge in [0.1, 0.15) is 5.75 Å². The Bertz CT molecular complexity index is 381. The van der Waals surface area contributed by atoms with Crippen molar-refractivity contribution >= 4 is 0 Å². The standard InChI is InChI=1S/C17H27NO/c1-15-8-9-17(16(2)14-15)19-13-7-12-18-10-5-3-4-6-11-18/h8-9,14H,3-7,10-13H2,1-2H3/p+1. The lowest BCUT2D eigenvalue weighted by atomic mass is 10.1. The van der Waals surface area contributed by atoms with Crippen molar-refractivity contribution in [2.24, 2.45) is 0 Å². The van der Waals surface area contributed by atoms with Crippen LogP contribution in [0.15, 0.2) is 18.2 Å². The average Bonchev–Trinajstić information content (AvgIpc) is 2.65. The third kappa shape index (κ3) is 4.87. The van der Waals surface area contributed by atoms with Crippen LogP contribution in [0, 0.1) is 13.8 Å². The minimum absolute atomic E-state index is 0.855. The molecule has 1 heterocycles. The van der Waals surface area contributed by atoms with Crippen molar-refractivity contribution < 1.29 is 9.64 Å². The minimum atomic E-state index is 0.855. The second-order valence-corrected chi connectivity index (χ2v) is 5.89. The molecule has 1 aliphatic heterocycles. The molecule has 0 aromatic heterocycles. The Morgan fingerprint density at radius 1 is 1.05 bits per heavy atom. The van der Waals surface area contributed by atoms with Crippen LogP contribution in [0.4, 0.5) is 0 Å². The number of quaternary nitrogens is 1. The molecular weight excluding hydrogens is 234 g/mol. The van der Waals surface area contributed by atoms with E-state index in [0.29, 0.717) is 0 Å². The molecule has 1 aromatic rings. The van der Waals surface area contributed by atoms with E-state index in [1.165, 1.54) is 62.9 Å². The van der Waals surface area contributed by atoms with Crippen molar-refractivity contribution in [1.29, 1.82) is 0 Å². The van der Waals surface area contributed by atoms with E-state index in [-0.39, 0.29) is 0 Å². The summed E-state index contributed by atoms with van der Waals surface area (Å²) in [5.74, 6) is 1.05. The zero-order valence-corrected chi connectivity index (χ0v) is 12.5. The molecule has 0 bridgehead atoms. The predicted octanol–water partition coefficient (Wildman–Crippen LogP) is 2.53. The van der Waals surface area contributed by atoms with E-state index in [1.54, 1.807) is 4.90 Å². The fourth-order valence-corrected chi connectivity index (χ4v) is 2.94. The van der Waals surface area contributed by atoms with Gasteiger partial charge in [-0.15, -0.1) is 0 Å². The van der Waals surface area contributed by atoms with Gasteiger partial charge in [-0.2, -0.15) is 0 Å². The van der Waals surface area contributed by atoms with Gasteiger partial charge >= 0.3 is 0 Å². The van der Waals surface area contributed by atoms with E-state index in [1.807, 2.05) is 0 Å². The third-order valence-electron chi connectivity index (χ3n) is 4.07. The Labute approximate surface area is 117 Å². The molecule has 0 spiro atoms. The largest absolute Gasteiger partial charge is 0.493 e. The van der Waals surface area contributed by atoms with E-state index in [2.05, 4.69) is 32.0 Å². The van der Waals surface area contributed by atoms with Crippen LogP contribution in [0.1, 0.15) is 43.2 Å². The predicted molar refractivity (Wildman–Crippen MR) is 80.1 cm³/mol. The van der Waals surface area contributed by atoms with Gasteiger partial charge in [-0.3, -0.25) is 0 Å². The van der Waals surface area contributed by atoms with Crippen LogP contribution in [0.5, 0.6) is 5.75 Å². The Balaban J connectivity index is 1.68. The maximum Gasteiger partial charge on any atom is 0.122 e. The highest BCUT2D eigenvalue weighted by atomic mass is 16.5. The SMILES string of the molecule is Cc1ccc(OCCC[NH+]2CCCCCC2)c(C)c1. The van der Waals surface area contributed by atoms with Gasteiger partial charge < -0.3 is 9.64 Å². The molecule has 0 unspecified atom stereocenters. The first kappa shape index (κ1) is 14.4. The van der Waals surface area contributed by atoms with E-state index < -0.39 is 0 Å². The van der Waals surface area contributed by atoms with Gasteiger partial charge in [0.25, 0.3) is 0 Å². The van der Waals surface area contributed by atoms with Crippen LogP contribution in [0.3, 0.4) is 0 Å². The highest BCUT2D eigenvalue weighted by Gasteiger charge is 2.11. The van der Waals surface area contributed by atoms with Crippen LogP contribution in [0.2, 0.25) is 0 Å². The second kappa shape index (κ2) is 7.54. The molecule has 1 aromatic carbocycles. The van der Waals surface area contributed by atoms with Crippen LogP contribution < -0.4 is 9.64 Å². The van der Waals surface area contributed by atoms with Crippen molar-refractivity contribution in [2.75, 3.05) is 26.2 Å². The second-order valence-electron chi connectivity index (χ2n) is 5.89. The Morgan fingerprint density at radius 2 is 1.79 bits per heavy atom. The number of benzene rings is 1. The maximum atomic E-state index is 5.90. The summed E-state index contributed by atoms with van der Waals surface area (Å²) in [5, 5.41) is 0. The van der Waals surface area contributed by atoms with Crippen molar-refractivity contribution in [3.63, 3.8) is 0 Å². The summed E-state index contributed by atoms with van der Waals surface area (Å²) in [4.78, 5) is 1.78. The molecule has 0 radical (unpaired) electrons. The molecule has 0 atom stereocenters. The fraction of sp³-hybridized carbons (Fsp3) is 0.647. The van der Waals surface area contributed by atoms with Crippen molar-refractivity contribution in [1.82, 2.24) is 0 Å². The lowest BCUT2D eigenvalue weighted by Gasteiger charge is -2.17. The Hall–Kier alpha value is -1.02. The summed E-state index contributed by atoms with van der Waals surface area (Å²) in [6, 6.07) is 6.42. The van der Waals surface area contributed by atoms with E-state index >= 15 is 0 Å². The number of hydrogen-bond donors (Lipinski definition) is 1. The summed E-state index contributed by atoms with van der Waals surface area (Å²) in [6.07, 6.45) is 6.86. The molecule has 0 aliphatic carbocycles. The lowest BCUT2D eigenvalue weighted by Crippen LogP contribution is -3.11. The van der Waals surface area contributed by atoms with Crippen molar-refractivity contribution in [3.8, 4) is 5.75 Å². The Morgan fingerprint density at radius 3 is 2.47 bits per heavy atom. The van der Waals surface area contributed by atoms with Crippen LogP contribution >= 0.6 is 0 Å². The summed E-state index contributed by atoms with van der Waals surface area (Å²) in [7, 11) is 0. The smallest absolute Gasteiger partial charge is 0.122 e. The lowest BCUT2D eigenvalue weighted by molar-refractivity contribution is -0.899. The molecule has 0 saturated carbocycles. The molecule has 2 nitrogen and oxygen atoms in total. The van der Waals surface area contributed by atoms with Crippen molar-refractivity contribution in [2.45, 2.75) is 46.0 Å². The number of rotatable bonds is 5. The summed E-state index contributed by atoms with van der Waals surface area (Å²) in [6.45, 7) is 9.10. The molecule has 1 saturated heterocycles. The highest BCUT2D eigenvalue weighted by molar-refractivity contribution is 5.35. The van der Waals surface area contributed by atoms with Crippen LogP contribution in [0.25, 0.3) is 0 Å². The van der Waals surface area contributed by atoms with Crippen LogP contribution in [-0.4, -0.2) is 26.2 Å². The van der Waals surface area contributed by atoms with Gasteiger partial charge in [0.15, 0.2) is 0 Å². The quantitative estimate of drug-likeness (QED) is 0.805. The zero-order chi connectivity index (χ0) is 13.5. The molecule has 2 rings (SSSR count). The van der Waals surface area contributed by atoms with Crippen molar-refractivity contribution in [3.05, 3.63) is 29.3 Å². The molecule has 1 aliphatic rings. The average molecular weight is 262 g/mol. The summed E-state index contributed by atoms with van der Waals surface area (Å²) in [5.41, 5.74) is 2.56. The number of ether oxygens (including phenoxy) is 1. The van der Waals surface area contributed by atoms with Gasteiger partial charge in [-0.1, -0.05) is 17.7 Å². The molecule has 2 heteroatoms. The molecular formula is C17H28NO+. The number of hydrogen-bond acceptors (Lipinski definition) is 1. The number of likely N-dealkylation sites (tertiary alicyclic amines) is 1. The molecule has 0 amide bonds. The first-order valence-electron chi connectivity index (χ1n) is 7.79. The monoisotopic (exact) mass is 262 g/mol. The highest BCUT2D eigenvalue weighted by Crippen LogP contribution is 2.18. The van der Waals surface area contributed by atoms with Gasteiger partial charge in [0.05, 0.1) is 26.2 Å². The number of nitrogens with one attached hydrogen (secondary N) is 1. The number of aryl methyl sites for hydroxylation is 2. The molecule has 1 fully saturated rings. The van der Waals surface area contributed by atoms with Gasteiger partial charge in [0.2, 0.25) is 0 Å². The molecule has 106 valence electrons. The van der Waals surface area contributed by atoms with Gasteiger partial charge in [-0.05, 0) is 51.2 Å². The topological polar surface area (TPSA) is 13.7 Å². The van der Waals surface area contributed by atoms with E-state index in [0.717, 1.165) is 12.4 Å².